The van der Waals surface area contributed by atoms with E-state index in [1.807, 2.05) is 0 Å². The van der Waals surface area contributed by atoms with E-state index >= 15 is 0 Å². The molecule has 1 N–H and O–H groups in total. The fourth-order valence-electron chi connectivity index (χ4n) is 2.34. The number of rotatable bonds is 4. The molecule has 1 heterocycles. The van der Waals surface area contributed by atoms with E-state index < -0.39 is 11.7 Å². The first-order chi connectivity index (χ1) is 10.8. The van der Waals surface area contributed by atoms with Gasteiger partial charge in [-0.15, -0.1) is 0 Å². The minimum Gasteiger partial charge on any atom is -0.495 e. The maximum atomic E-state index is 12.4. The molecule has 1 aromatic heterocycles. The molecule has 6 nitrogen and oxygen atoms in total. The summed E-state index contributed by atoms with van der Waals surface area (Å²) >= 11 is 6.04. The standard InChI is InChI=1S/C16H18ClN3O3/c1-9-7-10(2)20(16(22)18-9)11(3)15(21)19-12-5-6-14(23-4)13(17)8-12/h5-8,11H,1-4H3,(H,19,21). The van der Waals surface area contributed by atoms with Gasteiger partial charge in [0, 0.05) is 17.1 Å². The molecule has 7 heteroatoms. The normalized spacial score (nSPS) is 11.9. The summed E-state index contributed by atoms with van der Waals surface area (Å²) in [6.07, 6.45) is 0. The van der Waals surface area contributed by atoms with Crippen LogP contribution in [0.25, 0.3) is 0 Å². The molecular formula is C16H18ClN3O3. The molecule has 0 spiro atoms. The second-order valence-electron chi connectivity index (χ2n) is 5.21. The largest absolute Gasteiger partial charge is 0.495 e. The van der Waals surface area contributed by atoms with Gasteiger partial charge in [-0.2, -0.15) is 4.98 Å². The average molecular weight is 336 g/mol. The first kappa shape index (κ1) is 17.0. The number of amides is 1. The van der Waals surface area contributed by atoms with Crippen molar-refractivity contribution in [3.8, 4) is 5.75 Å². The zero-order chi connectivity index (χ0) is 17.1. The highest BCUT2D eigenvalue weighted by Crippen LogP contribution is 2.27. The van der Waals surface area contributed by atoms with Crippen molar-refractivity contribution in [2.75, 3.05) is 12.4 Å². The van der Waals surface area contributed by atoms with Crippen LogP contribution in [0.2, 0.25) is 5.02 Å². The number of methoxy groups -OCH3 is 1. The monoisotopic (exact) mass is 335 g/mol. The average Bonchev–Trinajstić information content (AvgIpc) is 2.46. The number of halogens is 1. The van der Waals surface area contributed by atoms with Crippen molar-refractivity contribution in [1.82, 2.24) is 9.55 Å². The van der Waals surface area contributed by atoms with E-state index in [0.29, 0.717) is 27.8 Å². The maximum absolute atomic E-state index is 12.4. The van der Waals surface area contributed by atoms with Gasteiger partial charge in [0.15, 0.2) is 0 Å². The Hall–Kier alpha value is -2.34. The van der Waals surface area contributed by atoms with Gasteiger partial charge in [0.05, 0.1) is 12.1 Å². The Bertz CT molecular complexity index is 802. The van der Waals surface area contributed by atoms with Crippen LogP contribution in [-0.2, 0) is 4.79 Å². The molecule has 0 saturated carbocycles. The van der Waals surface area contributed by atoms with Crippen LogP contribution in [0.15, 0.2) is 29.1 Å². The van der Waals surface area contributed by atoms with Gasteiger partial charge in [0.1, 0.15) is 11.8 Å². The topological polar surface area (TPSA) is 73.2 Å². The minimum absolute atomic E-state index is 0.331. The zero-order valence-electron chi connectivity index (χ0n) is 13.4. The van der Waals surface area contributed by atoms with Crippen molar-refractivity contribution in [2.45, 2.75) is 26.8 Å². The SMILES string of the molecule is COc1ccc(NC(=O)C(C)n2c(C)cc(C)nc2=O)cc1Cl. The number of carbonyl (C=O) groups is 1. The highest BCUT2D eigenvalue weighted by Gasteiger charge is 2.19. The Morgan fingerprint density at radius 1 is 1.35 bits per heavy atom. The molecule has 0 aliphatic heterocycles. The second-order valence-corrected chi connectivity index (χ2v) is 5.61. The second kappa shape index (κ2) is 6.83. The third-order valence-electron chi connectivity index (χ3n) is 3.46. The van der Waals surface area contributed by atoms with Gasteiger partial charge < -0.3 is 10.1 Å². The number of nitrogens with zero attached hydrogens (tertiary/aromatic N) is 2. The lowest BCUT2D eigenvalue weighted by atomic mass is 10.2. The molecule has 1 atom stereocenters. The molecule has 0 aliphatic carbocycles. The molecule has 0 bridgehead atoms. The maximum Gasteiger partial charge on any atom is 0.348 e. The lowest BCUT2D eigenvalue weighted by Crippen LogP contribution is -2.34. The lowest BCUT2D eigenvalue weighted by molar-refractivity contribution is -0.118. The highest BCUT2D eigenvalue weighted by atomic mass is 35.5. The first-order valence-electron chi connectivity index (χ1n) is 7.04. The van der Waals surface area contributed by atoms with Crippen molar-refractivity contribution >= 4 is 23.2 Å². The quantitative estimate of drug-likeness (QED) is 0.932. The van der Waals surface area contributed by atoms with E-state index in [1.54, 1.807) is 45.0 Å². The smallest absolute Gasteiger partial charge is 0.348 e. The van der Waals surface area contributed by atoms with Crippen molar-refractivity contribution in [1.29, 1.82) is 0 Å². The van der Waals surface area contributed by atoms with Gasteiger partial charge in [-0.05, 0) is 45.0 Å². The van der Waals surface area contributed by atoms with Crippen LogP contribution in [0.5, 0.6) is 5.75 Å². The van der Waals surface area contributed by atoms with E-state index in [9.17, 15) is 9.59 Å². The van der Waals surface area contributed by atoms with E-state index in [2.05, 4.69) is 10.3 Å². The summed E-state index contributed by atoms with van der Waals surface area (Å²) in [6.45, 7) is 5.15. The third kappa shape index (κ3) is 3.71. The summed E-state index contributed by atoms with van der Waals surface area (Å²) in [5.74, 6) is 0.189. The molecule has 122 valence electrons. The Morgan fingerprint density at radius 3 is 2.61 bits per heavy atom. The van der Waals surface area contributed by atoms with Gasteiger partial charge >= 0.3 is 5.69 Å². The van der Waals surface area contributed by atoms with E-state index in [0.717, 1.165) is 0 Å². The summed E-state index contributed by atoms with van der Waals surface area (Å²) in [5.41, 5.74) is 1.38. The van der Waals surface area contributed by atoms with Crippen LogP contribution in [0.4, 0.5) is 5.69 Å². The van der Waals surface area contributed by atoms with Crippen LogP contribution in [0.1, 0.15) is 24.4 Å². The van der Waals surface area contributed by atoms with Gasteiger partial charge in [0.2, 0.25) is 5.91 Å². The van der Waals surface area contributed by atoms with Gasteiger partial charge in [-0.25, -0.2) is 4.79 Å². The number of ether oxygens (including phenoxy) is 1. The molecule has 0 fully saturated rings. The number of carbonyl (C=O) groups excluding carboxylic acids is 1. The Balaban J connectivity index is 2.24. The summed E-state index contributed by atoms with van der Waals surface area (Å²) in [7, 11) is 1.52. The van der Waals surface area contributed by atoms with Crippen LogP contribution < -0.4 is 15.7 Å². The van der Waals surface area contributed by atoms with E-state index in [1.165, 1.54) is 11.7 Å². The van der Waals surface area contributed by atoms with Crippen LogP contribution in [0, 0.1) is 13.8 Å². The molecule has 2 aromatic rings. The summed E-state index contributed by atoms with van der Waals surface area (Å²) < 4.78 is 6.42. The van der Waals surface area contributed by atoms with Crippen molar-refractivity contribution < 1.29 is 9.53 Å². The van der Waals surface area contributed by atoms with Crippen molar-refractivity contribution in [3.63, 3.8) is 0 Å². The van der Waals surface area contributed by atoms with Crippen molar-refractivity contribution in [2.24, 2.45) is 0 Å². The summed E-state index contributed by atoms with van der Waals surface area (Å²) in [6, 6.07) is 5.99. The molecule has 2 rings (SSSR count). The van der Waals surface area contributed by atoms with E-state index in [4.69, 9.17) is 16.3 Å². The lowest BCUT2D eigenvalue weighted by Gasteiger charge is -2.17. The van der Waals surface area contributed by atoms with Crippen LogP contribution in [0.3, 0.4) is 0 Å². The summed E-state index contributed by atoms with van der Waals surface area (Å²) in [5, 5.41) is 3.13. The summed E-state index contributed by atoms with van der Waals surface area (Å²) in [4.78, 5) is 28.3. The number of aromatic nitrogens is 2. The fraction of sp³-hybridized carbons (Fsp3) is 0.312. The molecule has 0 radical (unpaired) electrons. The van der Waals surface area contributed by atoms with Crippen LogP contribution >= 0.6 is 11.6 Å². The molecule has 0 saturated heterocycles. The third-order valence-corrected chi connectivity index (χ3v) is 3.76. The van der Waals surface area contributed by atoms with Crippen molar-refractivity contribution in [3.05, 3.63) is 51.2 Å². The number of anilines is 1. The highest BCUT2D eigenvalue weighted by molar-refractivity contribution is 6.32. The Labute approximate surface area is 139 Å². The number of aryl methyl sites for hydroxylation is 2. The fourth-order valence-corrected chi connectivity index (χ4v) is 2.60. The van der Waals surface area contributed by atoms with Crippen LogP contribution in [-0.4, -0.2) is 22.6 Å². The Kier molecular flexibility index (Phi) is 5.05. The first-order valence-corrected chi connectivity index (χ1v) is 7.42. The molecule has 1 aromatic carbocycles. The molecule has 1 amide bonds. The molecule has 0 aliphatic rings. The molecule has 23 heavy (non-hydrogen) atoms. The Morgan fingerprint density at radius 2 is 2.04 bits per heavy atom. The van der Waals surface area contributed by atoms with E-state index in [-0.39, 0.29) is 5.91 Å². The molecular weight excluding hydrogens is 318 g/mol. The predicted molar refractivity (Wildman–Crippen MR) is 89.3 cm³/mol. The molecule has 1 unspecified atom stereocenters. The van der Waals surface area contributed by atoms with Gasteiger partial charge in [0.25, 0.3) is 0 Å². The van der Waals surface area contributed by atoms with Gasteiger partial charge in [-0.3, -0.25) is 9.36 Å². The predicted octanol–water partition coefficient (Wildman–Crippen LogP) is 2.72. The number of nitrogens with one attached hydrogen (secondary N) is 1. The number of benzene rings is 1. The van der Waals surface area contributed by atoms with Gasteiger partial charge in [-0.1, -0.05) is 11.6 Å². The minimum atomic E-state index is -0.698. The number of hydrogen-bond donors (Lipinski definition) is 1. The zero-order valence-corrected chi connectivity index (χ0v) is 14.1. The number of hydrogen-bond acceptors (Lipinski definition) is 4.